The van der Waals surface area contributed by atoms with Gasteiger partial charge in [0, 0.05) is 31.4 Å². The Bertz CT molecular complexity index is 569. The van der Waals surface area contributed by atoms with Crippen LogP contribution in [0.4, 0.5) is 0 Å². The molecule has 1 aromatic heterocycles. The molecular formula is C14H22N2O6. The van der Waals surface area contributed by atoms with Crippen LogP contribution in [0.15, 0.2) is 10.9 Å². The number of pyridine rings is 1. The summed E-state index contributed by atoms with van der Waals surface area (Å²) in [4.78, 5) is 24.4. The Kier molecular flexibility index (Phi) is 7.03. The molecule has 0 aliphatic carbocycles. The number of hydrogen-bond acceptors (Lipinski definition) is 6. The molecule has 0 spiro atoms. The minimum absolute atomic E-state index is 0.0328. The Morgan fingerprint density at radius 1 is 1.36 bits per heavy atom. The Labute approximate surface area is 127 Å². The predicted octanol–water partition coefficient (Wildman–Crippen LogP) is -0.665. The SMILES string of the molecule is CCN(CCO)Cc1c(O)c(=O)cc(CO)n1CCC(=O)O. The Balaban J connectivity index is 3.27. The number of aromatic hydroxyl groups is 1. The summed E-state index contributed by atoms with van der Waals surface area (Å²) in [6.07, 6.45) is -0.200. The number of aliphatic hydroxyl groups is 2. The molecule has 1 aromatic rings. The van der Waals surface area contributed by atoms with E-state index in [9.17, 15) is 19.8 Å². The molecule has 22 heavy (non-hydrogen) atoms. The highest BCUT2D eigenvalue weighted by atomic mass is 16.4. The number of aliphatic hydroxyl groups excluding tert-OH is 2. The molecule has 0 unspecified atom stereocenters. The summed E-state index contributed by atoms with van der Waals surface area (Å²) in [6, 6.07) is 1.10. The van der Waals surface area contributed by atoms with Crippen molar-refractivity contribution in [1.29, 1.82) is 0 Å². The number of aliphatic carboxylic acids is 1. The molecule has 8 heteroatoms. The van der Waals surface area contributed by atoms with E-state index in [1.807, 2.05) is 6.92 Å². The first-order chi connectivity index (χ1) is 10.4. The molecule has 0 saturated heterocycles. The van der Waals surface area contributed by atoms with E-state index in [4.69, 9.17) is 10.2 Å². The van der Waals surface area contributed by atoms with Crippen LogP contribution in [-0.2, 0) is 24.5 Å². The fourth-order valence-electron chi connectivity index (χ4n) is 2.22. The first-order valence-corrected chi connectivity index (χ1v) is 7.05. The van der Waals surface area contributed by atoms with Crippen LogP contribution in [0.5, 0.6) is 5.75 Å². The Morgan fingerprint density at radius 2 is 2.05 bits per heavy atom. The van der Waals surface area contributed by atoms with E-state index >= 15 is 0 Å². The van der Waals surface area contributed by atoms with Crippen LogP contribution < -0.4 is 5.43 Å². The molecule has 0 aliphatic heterocycles. The van der Waals surface area contributed by atoms with Crippen LogP contribution in [0.2, 0.25) is 0 Å². The molecule has 8 nitrogen and oxygen atoms in total. The quantitative estimate of drug-likeness (QED) is 0.477. The lowest BCUT2D eigenvalue weighted by Crippen LogP contribution is -2.30. The number of nitrogens with zero attached hydrogens (tertiary/aromatic N) is 2. The van der Waals surface area contributed by atoms with Gasteiger partial charge in [-0.05, 0) is 6.54 Å². The van der Waals surface area contributed by atoms with Crippen LogP contribution in [0.25, 0.3) is 0 Å². The van der Waals surface area contributed by atoms with E-state index in [0.717, 1.165) is 6.07 Å². The van der Waals surface area contributed by atoms with Crippen LogP contribution in [0.1, 0.15) is 24.7 Å². The average Bonchev–Trinajstić information content (AvgIpc) is 2.49. The second kappa shape index (κ2) is 8.52. The minimum atomic E-state index is -1.02. The topological polar surface area (TPSA) is 123 Å². The predicted molar refractivity (Wildman–Crippen MR) is 78.6 cm³/mol. The second-order valence-corrected chi connectivity index (χ2v) is 4.84. The zero-order chi connectivity index (χ0) is 16.7. The van der Waals surface area contributed by atoms with Crippen molar-refractivity contribution in [2.45, 2.75) is 33.0 Å². The number of carboxylic acid groups (broad SMARTS) is 1. The number of rotatable bonds is 9. The summed E-state index contributed by atoms with van der Waals surface area (Å²) in [5.74, 6) is -1.48. The largest absolute Gasteiger partial charge is 0.503 e. The molecule has 0 aromatic carbocycles. The summed E-state index contributed by atoms with van der Waals surface area (Å²) in [5.41, 5.74) is -0.127. The Hall–Kier alpha value is -1.90. The molecule has 1 heterocycles. The molecule has 0 saturated carbocycles. The van der Waals surface area contributed by atoms with Crippen molar-refractivity contribution in [2.24, 2.45) is 0 Å². The summed E-state index contributed by atoms with van der Waals surface area (Å²) >= 11 is 0. The van der Waals surface area contributed by atoms with Gasteiger partial charge in [0.05, 0.1) is 25.3 Å². The number of hydrogen-bond donors (Lipinski definition) is 4. The van der Waals surface area contributed by atoms with Gasteiger partial charge in [0.15, 0.2) is 5.75 Å². The fraction of sp³-hybridized carbons (Fsp3) is 0.571. The average molecular weight is 314 g/mol. The molecule has 0 fully saturated rings. The number of likely N-dealkylation sites (N-methyl/N-ethyl adjacent to an activating group) is 1. The van der Waals surface area contributed by atoms with Gasteiger partial charge in [-0.2, -0.15) is 0 Å². The van der Waals surface area contributed by atoms with Gasteiger partial charge in [-0.3, -0.25) is 14.5 Å². The molecule has 0 bridgehead atoms. The second-order valence-electron chi connectivity index (χ2n) is 4.84. The van der Waals surface area contributed by atoms with Crippen molar-refractivity contribution in [2.75, 3.05) is 19.7 Å². The van der Waals surface area contributed by atoms with Crippen molar-refractivity contribution in [3.8, 4) is 5.75 Å². The van der Waals surface area contributed by atoms with E-state index in [1.165, 1.54) is 4.57 Å². The first-order valence-electron chi connectivity index (χ1n) is 7.05. The molecule has 0 atom stereocenters. The molecule has 0 aliphatic rings. The summed E-state index contributed by atoms with van der Waals surface area (Å²) in [5, 5.41) is 37.2. The van der Waals surface area contributed by atoms with Gasteiger partial charge in [-0.1, -0.05) is 6.92 Å². The van der Waals surface area contributed by atoms with Crippen LogP contribution in [0, 0.1) is 0 Å². The lowest BCUT2D eigenvalue weighted by molar-refractivity contribution is -0.137. The van der Waals surface area contributed by atoms with Crippen molar-refractivity contribution >= 4 is 5.97 Å². The fourth-order valence-corrected chi connectivity index (χ4v) is 2.22. The van der Waals surface area contributed by atoms with Crippen molar-refractivity contribution in [1.82, 2.24) is 9.47 Å². The van der Waals surface area contributed by atoms with Gasteiger partial charge in [0.25, 0.3) is 0 Å². The van der Waals surface area contributed by atoms with Crippen molar-refractivity contribution in [3.05, 3.63) is 27.7 Å². The normalized spacial score (nSPS) is 11.1. The minimum Gasteiger partial charge on any atom is -0.503 e. The third-order valence-electron chi connectivity index (χ3n) is 3.43. The van der Waals surface area contributed by atoms with E-state index in [2.05, 4.69) is 0 Å². The summed E-state index contributed by atoms with van der Waals surface area (Å²) in [6.45, 7) is 2.49. The van der Waals surface area contributed by atoms with Gasteiger partial charge >= 0.3 is 5.97 Å². The van der Waals surface area contributed by atoms with Crippen LogP contribution in [-0.4, -0.2) is 55.6 Å². The lowest BCUT2D eigenvalue weighted by Gasteiger charge is -2.24. The maximum absolute atomic E-state index is 11.8. The Morgan fingerprint density at radius 3 is 2.55 bits per heavy atom. The van der Waals surface area contributed by atoms with Crippen LogP contribution in [0.3, 0.4) is 0 Å². The highest BCUT2D eigenvalue weighted by molar-refractivity contribution is 5.66. The van der Waals surface area contributed by atoms with Gasteiger partial charge in [-0.15, -0.1) is 0 Å². The van der Waals surface area contributed by atoms with E-state index in [0.29, 0.717) is 13.1 Å². The monoisotopic (exact) mass is 314 g/mol. The smallest absolute Gasteiger partial charge is 0.305 e. The first kappa shape index (κ1) is 18.1. The maximum atomic E-state index is 11.8. The lowest BCUT2D eigenvalue weighted by atomic mass is 10.2. The standard InChI is InChI=1S/C14H22N2O6/c1-2-15(5-6-17)8-11-14(22)12(19)7-10(9-18)16(11)4-3-13(20)21/h7,17-18,22H,2-6,8-9H2,1H3,(H,20,21). The van der Waals surface area contributed by atoms with Gasteiger partial charge in [0.2, 0.25) is 5.43 Å². The van der Waals surface area contributed by atoms with E-state index in [1.54, 1.807) is 4.90 Å². The molecule has 0 amide bonds. The van der Waals surface area contributed by atoms with E-state index < -0.39 is 23.8 Å². The molecule has 1 rings (SSSR count). The van der Waals surface area contributed by atoms with E-state index in [-0.39, 0.29) is 37.5 Å². The molecule has 124 valence electrons. The number of carboxylic acids is 1. The highest BCUT2D eigenvalue weighted by Crippen LogP contribution is 2.18. The number of carbonyl (C=O) groups is 1. The molecular weight excluding hydrogens is 292 g/mol. The van der Waals surface area contributed by atoms with Crippen molar-refractivity contribution in [3.63, 3.8) is 0 Å². The maximum Gasteiger partial charge on any atom is 0.305 e. The summed E-state index contributed by atoms with van der Waals surface area (Å²) < 4.78 is 1.45. The van der Waals surface area contributed by atoms with Gasteiger partial charge in [0.1, 0.15) is 0 Å². The zero-order valence-corrected chi connectivity index (χ0v) is 12.5. The van der Waals surface area contributed by atoms with Gasteiger partial charge in [-0.25, -0.2) is 0 Å². The van der Waals surface area contributed by atoms with Crippen LogP contribution >= 0.6 is 0 Å². The van der Waals surface area contributed by atoms with Crippen molar-refractivity contribution < 1.29 is 25.2 Å². The molecule has 0 radical (unpaired) electrons. The highest BCUT2D eigenvalue weighted by Gasteiger charge is 2.17. The third kappa shape index (κ3) is 4.55. The number of aromatic nitrogens is 1. The van der Waals surface area contributed by atoms with Gasteiger partial charge < -0.3 is 25.0 Å². The molecule has 4 N–H and O–H groups in total. The summed E-state index contributed by atoms with van der Waals surface area (Å²) in [7, 11) is 0. The third-order valence-corrected chi connectivity index (χ3v) is 3.43. The zero-order valence-electron chi connectivity index (χ0n) is 12.5.